The highest BCUT2D eigenvalue weighted by atomic mass is 16.3. The maximum absolute atomic E-state index is 13.3. The fraction of sp³-hybridized carbons (Fsp3) is 0.409. The zero-order valence-corrected chi connectivity index (χ0v) is 16.8. The number of aromatic nitrogens is 2. The molecule has 2 N–H and O–H groups in total. The van der Waals surface area contributed by atoms with Crippen LogP contribution in [0.4, 0.5) is 0 Å². The van der Waals surface area contributed by atoms with Gasteiger partial charge in [0.05, 0.1) is 6.54 Å². The minimum atomic E-state index is -0.635. The number of aryl methyl sites for hydroxylation is 1. The maximum atomic E-state index is 13.3. The number of imidazole rings is 1. The van der Waals surface area contributed by atoms with Gasteiger partial charge in [-0.1, -0.05) is 18.2 Å². The monoisotopic (exact) mass is 407 g/mol. The van der Waals surface area contributed by atoms with E-state index in [4.69, 9.17) is 10.2 Å². The van der Waals surface area contributed by atoms with Crippen molar-refractivity contribution < 1.29 is 14.0 Å². The number of rotatable bonds is 4. The summed E-state index contributed by atoms with van der Waals surface area (Å²) in [7, 11) is 0. The number of hydrogen-bond acceptors (Lipinski definition) is 5. The van der Waals surface area contributed by atoms with E-state index in [2.05, 4.69) is 16.0 Å². The predicted octanol–water partition coefficient (Wildman–Crippen LogP) is 2.02. The van der Waals surface area contributed by atoms with Crippen molar-refractivity contribution in [3.8, 4) is 0 Å². The molecule has 1 saturated heterocycles. The van der Waals surface area contributed by atoms with Crippen molar-refractivity contribution in [2.75, 3.05) is 26.2 Å². The molecule has 2 aliphatic heterocycles. The summed E-state index contributed by atoms with van der Waals surface area (Å²) in [6.45, 7) is 4.11. The van der Waals surface area contributed by atoms with Gasteiger partial charge in [0, 0.05) is 44.5 Å². The number of carbonyl (C=O) groups is 2. The molecule has 0 atom stereocenters. The van der Waals surface area contributed by atoms with Crippen molar-refractivity contribution in [3.05, 3.63) is 53.3 Å². The van der Waals surface area contributed by atoms with Crippen LogP contribution in [0.25, 0.3) is 11.0 Å². The van der Waals surface area contributed by atoms with Crippen molar-refractivity contribution in [2.45, 2.75) is 32.4 Å². The van der Waals surface area contributed by atoms with Crippen LogP contribution in [-0.4, -0.2) is 57.3 Å². The first-order valence-electron chi connectivity index (χ1n) is 10.5. The fourth-order valence-corrected chi connectivity index (χ4v) is 4.47. The van der Waals surface area contributed by atoms with Gasteiger partial charge in [0.25, 0.3) is 11.8 Å². The van der Waals surface area contributed by atoms with Crippen LogP contribution in [0.2, 0.25) is 0 Å². The molecule has 0 radical (unpaired) electrons. The number of primary amides is 1. The Bertz CT molecular complexity index is 1070. The molecule has 0 saturated carbocycles. The minimum absolute atomic E-state index is 0.113. The van der Waals surface area contributed by atoms with E-state index in [0.717, 1.165) is 54.9 Å². The summed E-state index contributed by atoms with van der Waals surface area (Å²) < 4.78 is 7.82. The molecule has 0 aliphatic carbocycles. The van der Waals surface area contributed by atoms with Gasteiger partial charge in [-0.2, -0.15) is 0 Å². The lowest BCUT2D eigenvalue weighted by Gasteiger charge is -2.34. The third-order valence-electron chi connectivity index (χ3n) is 6.03. The van der Waals surface area contributed by atoms with Gasteiger partial charge in [-0.3, -0.25) is 14.5 Å². The molecule has 2 aromatic heterocycles. The second-order valence-corrected chi connectivity index (χ2v) is 8.02. The Morgan fingerprint density at radius 2 is 1.87 bits per heavy atom. The number of nitrogens with two attached hydrogens (primary N) is 1. The highest BCUT2D eigenvalue weighted by Gasteiger charge is 2.32. The summed E-state index contributed by atoms with van der Waals surface area (Å²) in [5.74, 6) is 0.940. The lowest BCUT2D eigenvalue weighted by Crippen LogP contribution is -2.49. The summed E-state index contributed by atoms with van der Waals surface area (Å²) in [4.78, 5) is 33.6. The molecule has 0 bridgehead atoms. The van der Waals surface area contributed by atoms with Gasteiger partial charge >= 0.3 is 0 Å². The van der Waals surface area contributed by atoms with E-state index >= 15 is 0 Å². The number of piperazine rings is 1. The molecule has 1 fully saturated rings. The van der Waals surface area contributed by atoms with Crippen molar-refractivity contribution in [1.29, 1.82) is 0 Å². The number of nitrogens with zero attached hydrogens (tertiary/aromatic N) is 4. The van der Waals surface area contributed by atoms with Crippen LogP contribution in [0.15, 0.2) is 34.7 Å². The Morgan fingerprint density at radius 3 is 2.63 bits per heavy atom. The molecule has 8 heteroatoms. The van der Waals surface area contributed by atoms with Crippen molar-refractivity contribution >= 4 is 22.8 Å². The average Bonchev–Trinajstić information content (AvgIpc) is 3.34. The van der Waals surface area contributed by atoms with Crippen LogP contribution in [0, 0.1) is 0 Å². The number of hydrogen-bond donors (Lipinski definition) is 1. The van der Waals surface area contributed by atoms with Crippen LogP contribution in [0.1, 0.15) is 45.4 Å². The summed E-state index contributed by atoms with van der Waals surface area (Å²) in [6.07, 6.45) is 2.77. The van der Waals surface area contributed by atoms with E-state index in [1.807, 2.05) is 28.8 Å². The molecule has 156 valence electrons. The molecule has 2 amide bonds. The Labute approximate surface area is 174 Å². The van der Waals surface area contributed by atoms with Crippen LogP contribution >= 0.6 is 0 Å². The highest BCUT2D eigenvalue weighted by molar-refractivity contribution is 6.04. The summed E-state index contributed by atoms with van der Waals surface area (Å²) in [5, 5.41) is 1.10. The predicted molar refractivity (Wildman–Crippen MR) is 111 cm³/mol. The smallest absolute Gasteiger partial charge is 0.273 e. The molecular formula is C22H25N5O3. The first-order valence-corrected chi connectivity index (χ1v) is 10.5. The van der Waals surface area contributed by atoms with E-state index in [9.17, 15) is 9.59 Å². The first kappa shape index (κ1) is 18.9. The van der Waals surface area contributed by atoms with Gasteiger partial charge in [-0.05, 0) is 25.0 Å². The van der Waals surface area contributed by atoms with Crippen LogP contribution in [0.5, 0.6) is 0 Å². The highest BCUT2D eigenvalue weighted by Crippen LogP contribution is 2.23. The molecule has 5 rings (SSSR count). The Kier molecular flexibility index (Phi) is 4.78. The van der Waals surface area contributed by atoms with Gasteiger partial charge in [0.1, 0.15) is 22.9 Å². The van der Waals surface area contributed by atoms with Crippen LogP contribution in [0.3, 0.4) is 0 Å². The van der Waals surface area contributed by atoms with Crippen LogP contribution in [-0.2, 0) is 19.5 Å². The van der Waals surface area contributed by atoms with Gasteiger partial charge in [0.15, 0.2) is 5.69 Å². The zero-order valence-electron chi connectivity index (χ0n) is 16.8. The second kappa shape index (κ2) is 7.60. The number of fused-ring (bicyclic) bond motifs is 2. The first-order chi connectivity index (χ1) is 14.6. The lowest BCUT2D eigenvalue weighted by atomic mass is 10.1. The maximum Gasteiger partial charge on any atom is 0.273 e. The third-order valence-corrected chi connectivity index (χ3v) is 6.03. The lowest BCUT2D eigenvalue weighted by molar-refractivity contribution is 0.0606. The van der Waals surface area contributed by atoms with E-state index in [0.29, 0.717) is 31.9 Å². The number of amides is 2. The normalized spacial score (nSPS) is 17.3. The van der Waals surface area contributed by atoms with E-state index in [-0.39, 0.29) is 11.6 Å². The topological polar surface area (TPSA) is 97.6 Å². The van der Waals surface area contributed by atoms with E-state index in [1.54, 1.807) is 4.90 Å². The number of carbonyl (C=O) groups excluding carboxylic acids is 2. The molecular weight excluding hydrogens is 382 g/mol. The van der Waals surface area contributed by atoms with E-state index in [1.165, 1.54) is 0 Å². The molecule has 4 heterocycles. The van der Waals surface area contributed by atoms with Gasteiger partial charge in [-0.15, -0.1) is 0 Å². The summed E-state index contributed by atoms with van der Waals surface area (Å²) >= 11 is 0. The molecule has 1 aromatic carbocycles. The Hall–Kier alpha value is -3.13. The Balaban J connectivity index is 1.28. The number of benzene rings is 1. The molecule has 2 aliphatic rings. The third kappa shape index (κ3) is 3.37. The molecule has 30 heavy (non-hydrogen) atoms. The standard InChI is InChI=1S/C22H25N5O3/c23-21(28)19-20(27-8-4-3-7-18(27)24-19)22(29)26-11-9-25(10-12-26)14-16-13-15-5-1-2-6-17(15)30-16/h1-2,5-6,13H,3-4,7-12,14H2,(H2,23,28). The molecule has 8 nitrogen and oxygen atoms in total. The van der Waals surface area contributed by atoms with Gasteiger partial charge in [0.2, 0.25) is 0 Å². The van der Waals surface area contributed by atoms with Gasteiger partial charge in [-0.25, -0.2) is 4.98 Å². The fourth-order valence-electron chi connectivity index (χ4n) is 4.47. The minimum Gasteiger partial charge on any atom is -0.460 e. The SMILES string of the molecule is NC(=O)c1nc2n(c1C(=O)N1CCN(Cc3cc4ccccc4o3)CC1)CCCC2. The van der Waals surface area contributed by atoms with Crippen molar-refractivity contribution in [3.63, 3.8) is 0 Å². The quantitative estimate of drug-likeness (QED) is 0.714. The summed E-state index contributed by atoms with van der Waals surface area (Å²) in [6, 6.07) is 10.1. The summed E-state index contributed by atoms with van der Waals surface area (Å²) in [5.41, 5.74) is 6.90. The average molecular weight is 407 g/mol. The number of furan rings is 1. The number of para-hydroxylation sites is 1. The largest absolute Gasteiger partial charge is 0.460 e. The van der Waals surface area contributed by atoms with Gasteiger partial charge < -0.3 is 19.6 Å². The second-order valence-electron chi connectivity index (χ2n) is 8.02. The van der Waals surface area contributed by atoms with E-state index < -0.39 is 5.91 Å². The molecule has 0 unspecified atom stereocenters. The van der Waals surface area contributed by atoms with Crippen molar-refractivity contribution in [1.82, 2.24) is 19.4 Å². The molecule has 3 aromatic rings. The Morgan fingerprint density at radius 1 is 1.07 bits per heavy atom. The van der Waals surface area contributed by atoms with Crippen LogP contribution < -0.4 is 5.73 Å². The van der Waals surface area contributed by atoms with Crippen molar-refractivity contribution in [2.24, 2.45) is 5.73 Å². The molecule has 0 spiro atoms. The zero-order chi connectivity index (χ0) is 20.7.